The number of ketones is 1. The quantitative estimate of drug-likeness (QED) is 0.512. The molecule has 3 aromatic rings. The molecule has 1 fully saturated rings. The van der Waals surface area contributed by atoms with Crippen molar-refractivity contribution < 1.29 is 28.6 Å². The van der Waals surface area contributed by atoms with E-state index in [0.29, 0.717) is 28.4 Å². The van der Waals surface area contributed by atoms with Crippen molar-refractivity contribution in [1.29, 1.82) is 0 Å². The molecule has 0 N–H and O–H groups in total. The van der Waals surface area contributed by atoms with E-state index in [9.17, 15) is 14.4 Å². The molecule has 3 heterocycles. The molecule has 0 radical (unpaired) electrons. The number of Topliss-reactive ketones (excluding diaryl/α,β-unsaturated/α-hetero) is 1. The first-order valence-corrected chi connectivity index (χ1v) is 12.2. The van der Waals surface area contributed by atoms with Gasteiger partial charge in [0.15, 0.2) is 17.3 Å². The van der Waals surface area contributed by atoms with Crippen LogP contribution in [0.25, 0.3) is 0 Å². The van der Waals surface area contributed by atoms with Crippen molar-refractivity contribution in [3.8, 4) is 17.2 Å². The average Bonchev–Trinajstić information content (AvgIpc) is 3.41. The van der Waals surface area contributed by atoms with Gasteiger partial charge in [-0.3, -0.25) is 14.4 Å². The van der Waals surface area contributed by atoms with Gasteiger partial charge < -0.3 is 24.0 Å². The van der Waals surface area contributed by atoms with Crippen molar-refractivity contribution in [2.24, 2.45) is 0 Å². The van der Waals surface area contributed by atoms with Crippen LogP contribution in [0.2, 0.25) is 0 Å². The second-order valence-electron chi connectivity index (χ2n) is 9.46. The number of fused-ring (bicyclic) bond motifs is 3. The maximum absolute atomic E-state index is 13.8. The van der Waals surface area contributed by atoms with Crippen LogP contribution in [0.4, 0.5) is 0 Å². The van der Waals surface area contributed by atoms with Gasteiger partial charge in [0.25, 0.3) is 5.91 Å². The summed E-state index contributed by atoms with van der Waals surface area (Å²) in [5.74, 6) is 0.870. The zero-order valence-electron chi connectivity index (χ0n) is 20.5. The van der Waals surface area contributed by atoms with Gasteiger partial charge in [-0.1, -0.05) is 48.5 Å². The van der Waals surface area contributed by atoms with Crippen molar-refractivity contribution in [3.05, 3.63) is 89.0 Å². The Kier molecular flexibility index (Phi) is 5.59. The molecule has 6 rings (SSSR count). The fourth-order valence-electron chi connectivity index (χ4n) is 5.79. The molecule has 3 aliphatic rings. The minimum absolute atomic E-state index is 0.103. The average molecular weight is 499 g/mol. The highest BCUT2D eigenvalue weighted by atomic mass is 16.7. The van der Waals surface area contributed by atoms with Crippen molar-refractivity contribution in [2.75, 3.05) is 27.0 Å². The predicted octanol–water partition coefficient (Wildman–Crippen LogP) is 3.49. The van der Waals surface area contributed by atoms with E-state index in [1.165, 1.54) is 6.92 Å². The fraction of sp³-hybridized carbons (Fsp3) is 0.276. The van der Waals surface area contributed by atoms with Crippen LogP contribution in [-0.2, 0) is 4.79 Å². The van der Waals surface area contributed by atoms with Gasteiger partial charge in [0.2, 0.25) is 18.4 Å². The van der Waals surface area contributed by atoms with Crippen LogP contribution in [0.15, 0.2) is 66.7 Å². The summed E-state index contributed by atoms with van der Waals surface area (Å²) in [7, 11) is 1.57. The zero-order valence-corrected chi connectivity index (χ0v) is 20.5. The topological polar surface area (TPSA) is 85.4 Å². The third-order valence-electron chi connectivity index (χ3n) is 7.51. The monoisotopic (exact) mass is 498 g/mol. The highest BCUT2D eigenvalue weighted by molar-refractivity contribution is 6.03. The standard InChI is InChI=1S/C29H26N2O6/c1-17(32)30-14-22-26(19-12-24(35-2)28-25(13-19)36-16-37-28)20-10-6-7-11-21(20)29(34)31(22)15-23(30)27(33)18-8-4-3-5-9-18/h3-13,22-23,26H,14-16H2,1-2H3. The number of carbonyl (C=O) groups excluding carboxylic acids is 3. The molecule has 3 atom stereocenters. The number of amides is 2. The number of nitrogens with zero attached hydrogens (tertiary/aromatic N) is 2. The first-order chi connectivity index (χ1) is 18.0. The number of rotatable bonds is 4. The molecule has 3 unspecified atom stereocenters. The summed E-state index contributed by atoms with van der Waals surface area (Å²) >= 11 is 0. The second-order valence-corrected chi connectivity index (χ2v) is 9.46. The van der Waals surface area contributed by atoms with Crippen LogP contribution in [0, 0.1) is 0 Å². The molecule has 0 bridgehead atoms. The van der Waals surface area contributed by atoms with E-state index >= 15 is 0 Å². The van der Waals surface area contributed by atoms with Gasteiger partial charge in [-0.25, -0.2) is 0 Å². The van der Waals surface area contributed by atoms with Crippen LogP contribution >= 0.6 is 0 Å². The largest absolute Gasteiger partial charge is 0.493 e. The first-order valence-electron chi connectivity index (χ1n) is 12.2. The Balaban J connectivity index is 1.47. The summed E-state index contributed by atoms with van der Waals surface area (Å²) in [4.78, 5) is 43.5. The Hall–Kier alpha value is -4.33. The molecular formula is C29H26N2O6. The van der Waals surface area contributed by atoms with Crippen molar-refractivity contribution in [3.63, 3.8) is 0 Å². The van der Waals surface area contributed by atoms with Gasteiger partial charge in [0, 0.05) is 37.1 Å². The number of hydrogen-bond donors (Lipinski definition) is 0. The molecule has 0 saturated carbocycles. The third-order valence-corrected chi connectivity index (χ3v) is 7.51. The molecule has 1 saturated heterocycles. The summed E-state index contributed by atoms with van der Waals surface area (Å²) in [5.41, 5.74) is 2.85. The highest BCUT2D eigenvalue weighted by Gasteiger charge is 2.48. The van der Waals surface area contributed by atoms with E-state index < -0.39 is 6.04 Å². The molecule has 0 spiro atoms. The molecule has 37 heavy (non-hydrogen) atoms. The van der Waals surface area contributed by atoms with Crippen molar-refractivity contribution in [1.82, 2.24) is 9.80 Å². The Bertz CT molecular complexity index is 1400. The fourth-order valence-corrected chi connectivity index (χ4v) is 5.79. The van der Waals surface area contributed by atoms with E-state index in [0.717, 1.165) is 11.1 Å². The minimum atomic E-state index is -0.766. The highest BCUT2D eigenvalue weighted by Crippen LogP contribution is 2.47. The van der Waals surface area contributed by atoms with Gasteiger partial charge in [-0.2, -0.15) is 0 Å². The minimum Gasteiger partial charge on any atom is -0.493 e. The lowest BCUT2D eigenvalue weighted by Gasteiger charge is -2.51. The normalized spacial score (nSPS) is 21.8. The first kappa shape index (κ1) is 23.1. The number of carbonyl (C=O) groups is 3. The molecule has 2 amide bonds. The Morgan fingerprint density at radius 1 is 0.973 bits per heavy atom. The summed E-state index contributed by atoms with van der Waals surface area (Å²) in [5, 5.41) is 0. The summed E-state index contributed by atoms with van der Waals surface area (Å²) < 4.78 is 16.9. The zero-order chi connectivity index (χ0) is 25.7. The predicted molar refractivity (Wildman–Crippen MR) is 134 cm³/mol. The maximum atomic E-state index is 13.8. The smallest absolute Gasteiger partial charge is 0.254 e. The van der Waals surface area contributed by atoms with Gasteiger partial charge in [-0.15, -0.1) is 0 Å². The lowest BCUT2D eigenvalue weighted by Crippen LogP contribution is -2.66. The Labute approximate surface area is 214 Å². The van der Waals surface area contributed by atoms with Crippen molar-refractivity contribution >= 4 is 17.6 Å². The summed E-state index contributed by atoms with van der Waals surface area (Å²) in [6, 6.07) is 19.1. The van der Waals surface area contributed by atoms with E-state index in [4.69, 9.17) is 14.2 Å². The van der Waals surface area contributed by atoms with Gasteiger partial charge in [0.05, 0.1) is 13.2 Å². The molecule has 3 aromatic carbocycles. The van der Waals surface area contributed by atoms with Crippen LogP contribution in [0.5, 0.6) is 17.2 Å². The van der Waals surface area contributed by atoms with Crippen LogP contribution in [0.3, 0.4) is 0 Å². The van der Waals surface area contributed by atoms with E-state index in [1.807, 2.05) is 42.5 Å². The van der Waals surface area contributed by atoms with E-state index in [1.54, 1.807) is 41.2 Å². The van der Waals surface area contributed by atoms with Crippen LogP contribution in [-0.4, -0.2) is 66.5 Å². The molecule has 8 nitrogen and oxygen atoms in total. The van der Waals surface area contributed by atoms with Crippen LogP contribution < -0.4 is 14.2 Å². The number of piperazine rings is 1. The maximum Gasteiger partial charge on any atom is 0.254 e. The molecule has 3 aliphatic heterocycles. The molecule has 8 heteroatoms. The lowest BCUT2D eigenvalue weighted by molar-refractivity contribution is -0.133. The Morgan fingerprint density at radius 3 is 2.49 bits per heavy atom. The van der Waals surface area contributed by atoms with Crippen LogP contribution in [0.1, 0.15) is 44.7 Å². The molecule has 0 aromatic heterocycles. The van der Waals surface area contributed by atoms with E-state index in [2.05, 4.69) is 0 Å². The molecule has 188 valence electrons. The number of methoxy groups -OCH3 is 1. The summed E-state index contributed by atoms with van der Waals surface area (Å²) in [6.07, 6.45) is 0. The Morgan fingerprint density at radius 2 is 1.73 bits per heavy atom. The summed E-state index contributed by atoms with van der Waals surface area (Å²) in [6.45, 7) is 1.91. The lowest BCUT2D eigenvalue weighted by atomic mass is 9.76. The third kappa shape index (κ3) is 3.71. The number of ether oxygens (including phenoxy) is 3. The van der Waals surface area contributed by atoms with Crippen molar-refractivity contribution in [2.45, 2.75) is 24.9 Å². The SMILES string of the molecule is COc1cc(C2c3ccccc3C(=O)N3CC(C(=O)c4ccccc4)N(C(C)=O)CC23)cc2c1OCO2. The second kappa shape index (κ2) is 8.96. The number of hydrogen-bond acceptors (Lipinski definition) is 6. The van der Waals surface area contributed by atoms with Gasteiger partial charge in [0.1, 0.15) is 6.04 Å². The van der Waals surface area contributed by atoms with E-state index in [-0.39, 0.29) is 49.4 Å². The van der Waals surface area contributed by atoms with Gasteiger partial charge in [-0.05, 0) is 29.3 Å². The molecular weight excluding hydrogens is 472 g/mol. The number of benzene rings is 3. The molecule has 0 aliphatic carbocycles. The van der Waals surface area contributed by atoms with Gasteiger partial charge >= 0.3 is 0 Å².